The largest absolute Gasteiger partial charge is 0.467 e. The highest BCUT2D eigenvalue weighted by atomic mass is 32.1. The maximum Gasteiger partial charge on any atom is 0.271 e. The average Bonchev–Trinajstić information content (AvgIpc) is 3.24. The van der Waals surface area contributed by atoms with E-state index in [2.05, 4.69) is 10.3 Å². The predicted octanol–water partition coefficient (Wildman–Crippen LogP) is 2.77. The van der Waals surface area contributed by atoms with E-state index in [1.54, 1.807) is 17.5 Å². The number of rotatable bonds is 5. The number of carbonyl (C=O) groups excluding carboxylic acids is 1. The van der Waals surface area contributed by atoms with Crippen LogP contribution in [0.25, 0.3) is 10.8 Å². The van der Waals surface area contributed by atoms with Gasteiger partial charge in [-0.2, -0.15) is 0 Å². The first kappa shape index (κ1) is 14.6. The van der Waals surface area contributed by atoms with Crippen molar-refractivity contribution in [2.75, 3.05) is 6.61 Å². The summed E-state index contributed by atoms with van der Waals surface area (Å²) in [5.41, 5.74) is 0.277. The molecule has 1 atom stereocenters. The smallest absolute Gasteiger partial charge is 0.271 e. The van der Waals surface area contributed by atoms with Crippen LogP contribution in [0.15, 0.2) is 44.7 Å². The molecule has 0 bridgehead atoms. The van der Waals surface area contributed by atoms with Gasteiger partial charge in [-0.15, -0.1) is 11.3 Å². The molecular weight excluding hydrogens is 304 g/mol. The lowest BCUT2D eigenvalue weighted by molar-refractivity contribution is 0.0903. The van der Waals surface area contributed by atoms with Gasteiger partial charge < -0.3 is 19.3 Å². The molecule has 0 saturated carbocycles. The van der Waals surface area contributed by atoms with Crippen molar-refractivity contribution in [1.82, 2.24) is 10.3 Å². The molecule has 2 N–H and O–H groups in total. The van der Waals surface area contributed by atoms with Crippen molar-refractivity contribution in [3.63, 3.8) is 0 Å². The predicted molar refractivity (Wildman–Crippen MR) is 80.6 cm³/mol. The van der Waals surface area contributed by atoms with Gasteiger partial charge in [0.05, 0.1) is 12.9 Å². The van der Waals surface area contributed by atoms with Crippen LogP contribution in [0.5, 0.6) is 0 Å². The Hall–Kier alpha value is -2.38. The lowest BCUT2D eigenvalue weighted by atomic mass is 10.2. The van der Waals surface area contributed by atoms with E-state index in [1.165, 1.54) is 17.6 Å². The lowest BCUT2D eigenvalue weighted by Crippen LogP contribution is -2.30. The second kappa shape index (κ2) is 6.17. The summed E-state index contributed by atoms with van der Waals surface area (Å²) in [6, 6.07) is 6.45. The Morgan fingerprint density at radius 3 is 2.95 bits per heavy atom. The maximum absolute atomic E-state index is 12.2. The average molecular weight is 318 g/mol. The number of aliphatic hydroxyl groups excluding tert-OH is 1. The van der Waals surface area contributed by atoms with Crippen LogP contribution in [0.2, 0.25) is 0 Å². The number of carbonyl (C=O) groups is 1. The summed E-state index contributed by atoms with van der Waals surface area (Å²) in [7, 11) is 0. The molecule has 3 rings (SSSR count). The normalized spacial score (nSPS) is 12.3. The molecule has 6 nitrogen and oxygen atoms in total. The fourth-order valence-electron chi connectivity index (χ4n) is 1.97. The molecule has 0 spiro atoms. The van der Waals surface area contributed by atoms with Crippen molar-refractivity contribution in [1.29, 1.82) is 0 Å². The molecule has 1 unspecified atom stereocenters. The van der Waals surface area contributed by atoms with Crippen LogP contribution < -0.4 is 5.32 Å². The Labute approximate surface area is 130 Å². The van der Waals surface area contributed by atoms with E-state index in [-0.39, 0.29) is 18.2 Å². The highest BCUT2D eigenvalue weighted by Crippen LogP contribution is 2.25. The van der Waals surface area contributed by atoms with Gasteiger partial charge >= 0.3 is 0 Å². The minimum atomic E-state index is -0.599. The molecule has 0 aliphatic heterocycles. The van der Waals surface area contributed by atoms with Crippen LogP contribution in [-0.4, -0.2) is 22.6 Å². The molecule has 0 aliphatic carbocycles. The SMILES string of the molecule is Cc1ccc(-c2nc(C(=O)NC(CO)c3ccco3)cs2)o1. The van der Waals surface area contributed by atoms with E-state index in [4.69, 9.17) is 8.83 Å². The molecule has 22 heavy (non-hydrogen) atoms. The van der Waals surface area contributed by atoms with Crippen LogP contribution in [0.1, 0.15) is 28.1 Å². The number of thiazole rings is 1. The first-order valence-electron chi connectivity index (χ1n) is 6.65. The molecule has 0 aliphatic rings. The lowest BCUT2D eigenvalue weighted by Gasteiger charge is -2.12. The van der Waals surface area contributed by atoms with Gasteiger partial charge in [0, 0.05) is 5.38 Å². The summed E-state index contributed by atoms with van der Waals surface area (Å²) in [4.78, 5) is 16.5. The summed E-state index contributed by atoms with van der Waals surface area (Å²) in [5.74, 6) is 1.54. The Morgan fingerprint density at radius 1 is 1.45 bits per heavy atom. The number of amides is 1. The van der Waals surface area contributed by atoms with E-state index in [1.807, 2.05) is 19.1 Å². The Balaban J connectivity index is 1.74. The Kier molecular flexibility index (Phi) is 4.08. The van der Waals surface area contributed by atoms with Crippen molar-refractivity contribution in [2.24, 2.45) is 0 Å². The maximum atomic E-state index is 12.2. The number of aryl methyl sites for hydroxylation is 1. The van der Waals surface area contributed by atoms with Gasteiger partial charge in [-0.1, -0.05) is 0 Å². The second-order valence-corrected chi connectivity index (χ2v) is 5.53. The first-order valence-corrected chi connectivity index (χ1v) is 7.53. The third kappa shape index (κ3) is 2.95. The van der Waals surface area contributed by atoms with Crippen molar-refractivity contribution >= 4 is 17.2 Å². The molecule has 7 heteroatoms. The number of nitrogens with zero attached hydrogens (tertiary/aromatic N) is 1. The fourth-order valence-corrected chi connectivity index (χ4v) is 2.73. The Morgan fingerprint density at radius 2 is 2.32 bits per heavy atom. The van der Waals surface area contributed by atoms with E-state index in [0.717, 1.165) is 5.76 Å². The minimum absolute atomic E-state index is 0.256. The second-order valence-electron chi connectivity index (χ2n) is 4.67. The molecule has 0 aromatic carbocycles. The number of hydrogen-bond donors (Lipinski definition) is 2. The zero-order chi connectivity index (χ0) is 15.5. The van der Waals surface area contributed by atoms with Gasteiger partial charge in [0.15, 0.2) is 10.8 Å². The molecule has 114 valence electrons. The summed E-state index contributed by atoms with van der Waals surface area (Å²) in [6.07, 6.45) is 1.49. The Bertz CT molecular complexity index is 760. The number of hydrogen-bond acceptors (Lipinski definition) is 6. The molecule has 3 heterocycles. The molecule has 0 fully saturated rings. The molecule has 3 aromatic rings. The molecule has 0 radical (unpaired) electrons. The summed E-state index contributed by atoms with van der Waals surface area (Å²) < 4.78 is 10.7. The van der Waals surface area contributed by atoms with E-state index < -0.39 is 6.04 Å². The fraction of sp³-hybridized carbons (Fsp3) is 0.200. The summed E-state index contributed by atoms with van der Waals surface area (Å²) in [6.45, 7) is 1.59. The van der Waals surface area contributed by atoms with Gasteiger partial charge in [0.2, 0.25) is 0 Å². The number of aromatic nitrogens is 1. The topological polar surface area (TPSA) is 88.5 Å². The van der Waals surface area contributed by atoms with E-state index in [0.29, 0.717) is 16.5 Å². The van der Waals surface area contributed by atoms with Crippen molar-refractivity contribution in [3.8, 4) is 10.8 Å². The zero-order valence-corrected chi connectivity index (χ0v) is 12.6. The summed E-state index contributed by atoms with van der Waals surface area (Å²) in [5, 5.41) is 14.3. The monoisotopic (exact) mass is 318 g/mol. The zero-order valence-electron chi connectivity index (χ0n) is 11.8. The van der Waals surface area contributed by atoms with E-state index >= 15 is 0 Å². The molecule has 0 saturated heterocycles. The highest BCUT2D eigenvalue weighted by molar-refractivity contribution is 7.13. The van der Waals surface area contributed by atoms with E-state index in [9.17, 15) is 9.90 Å². The first-order chi connectivity index (χ1) is 10.7. The summed E-state index contributed by atoms with van der Waals surface area (Å²) >= 11 is 1.32. The quantitative estimate of drug-likeness (QED) is 0.755. The number of aliphatic hydroxyl groups is 1. The third-order valence-corrected chi connectivity index (χ3v) is 3.92. The molecule has 1 amide bonds. The van der Waals surface area contributed by atoms with Crippen LogP contribution in [0.4, 0.5) is 0 Å². The molecular formula is C15H14N2O4S. The van der Waals surface area contributed by atoms with Crippen LogP contribution >= 0.6 is 11.3 Å². The van der Waals surface area contributed by atoms with Crippen molar-refractivity contribution < 1.29 is 18.7 Å². The minimum Gasteiger partial charge on any atom is -0.467 e. The number of nitrogens with one attached hydrogen (secondary N) is 1. The van der Waals surface area contributed by atoms with Gasteiger partial charge in [-0.25, -0.2) is 4.98 Å². The third-order valence-electron chi connectivity index (χ3n) is 3.06. The standard InChI is InChI=1S/C15H14N2O4S/c1-9-4-5-13(21-9)15-17-11(8-22-15)14(19)16-10(7-18)12-3-2-6-20-12/h2-6,8,10,18H,7H2,1H3,(H,16,19). The van der Waals surface area contributed by atoms with Gasteiger partial charge in [0.1, 0.15) is 23.3 Å². The highest BCUT2D eigenvalue weighted by Gasteiger charge is 2.19. The van der Waals surface area contributed by atoms with Crippen molar-refractivity contribution in [3.05, 3.63) is 53.1 Å². The van der Waals surface area contributed by atoms with Gasteiger partial charge in [-0.05, 0) is 31.2 Å². The van der Waals surface area contributed by atoms with Crippen LogP contribution in [0.3, 0.4) is 0 Å². The number of furan rings is 2. The van der Waals surface area contributed by atoms with Crippen molar-refractivity contribution in [2.45, 2.75) is 13.0 Å². The van der Waals surface area contributed by atoms with Gasteiger partial charge in [-0.3, -0.25) is 4.79 Å². The van der Waals surface area contributed by atoms with Crippen LogP contribution in [-0.2, 0) is 0 Å². The van der Waals surface area contributed by atoms with Gasteiger partial charge in [0.25, 0.3) is 5.91 Å². The van der Waals surface area contributed by atoms with Crippen LogP contribution in [0, 0.1) is 6.92 Å². The molecule has 3 aromatic heterocycles.